The van der Waals surface area contributed by atoms with E-state index in [1.165, 1.54) is 16.7 Å². The Morgan fingerprint density at radius 3 is 2.26 bits per heavy atom. The van der Waals surface area contributed by atoms with Gasteiger partial charge in [0.25, 0.3) is 0 Å². The largest absolute Gasteiger partial charge is 0.365 e. The molecular formula is C33H36O6. The number of fused-ring (bicyclic) bond motifs is 1. The van der Waals surface area contributed by atoms with Crippen LogP contribution in [-0.2, 0) is 41.4 Å². The van der Waals surface area contributed by atoms with E-state index in [1.807, 2.05) is 44.2 Å². The van der Waals surface area contributed by atoms with Gasteiger partial charge < -0.3 is 28.4 Å². The predicted molar refractivity (Wildman–Crippen MR) is 148 cm³/mol. The lowest BCUT2D eigenvalue weighted by atomic mass is 9.97. The fraction of sp³-hybridized carbons (Fsp3) is 0.394. The molecule has 6 rings (SSSR count). The third-order valence-corrected chi connectivity index (χ3v) is 7.46. The molecule has 0 bridgehead atoms. The van der Waals surface area contributed by atoms with E-state index in [0.29, 0.717) is 13.2 Å². The first kappa shape index (κ1) is 26.4. The van der Waals surface area contributed by atoms with Gasteiger partial charge in [0.1, 0.15) is 24.9 Å². The van der Waals surface area contributed by atoms with Crippen LogP contribution in [0.2, 0.25) is 0 Å². The summed E-state index contributed by atoms with van der Waals surface area (Å²) in [6, 6.07) is 29.2. The molecule has 6 nitrogen and oxygen atoms in total. The minimum absolute atomic E-state index is 0.253. The highest BCUT2D eigenvalue weighted by atomic mass is 16.9. The first-order valence-corrected chi connectivity index (χ1v) is 13.8. The van der Waals surface area contributed by atoms with Crippen molar-refractivity contribution >= 4 is 0 Å². The highest BCUT2D eigenvalue weighted by Crippen LogP contribution is 2.44. The second-order valence-corrected chi connectivity index (χ2v) is 10.8. The predicted octanol–water partition coefficient (Wildman–Crippen LogP) is 6.05. The maximum Gasteiger partial charge on any atom is 0.224 e. The second kappa shape index (κ2) is 11.3. The molecule has 204 valence electrons. The molecule has 3 heterocycles. The van der Waals surface area contributed by atoms with Crippen molar-refractivity contribution in [3.05, 3.63) is 108 Å². The van der Waals surface area contributed by atoms with Gasteiger partial charge in [-0.25, -0.2) is 0 Å². The Kier molecular flexibility index (Phi) is 7.67. The van der Waals surface area contributed by atoms with E-state index in [1.54, 1.807) is 0 Å². The zero-order valence-electron chi connectivity index (χ0n) is 22.5. The van der Waals surface area contributed by atoms with E-state index in [4.69, 9.17) is 28.4 Å². The lowest BCUT2D eigenvalue weighted by molar-refractivity contribution is -0.335. The van der Waals surface area contributed by atoms with Crippen molar-refractivity contribution in [2.24, 2.45) is 0 Å². The topological polar surface area (TPSA) is 55.4 Å². The molecule has 3 saturated heterocycles. The molecular weight excluding hydrogens is 492 g/mol. The lowest BCUT2D eigenvalue weighted by Gasteiger charge is -2.43. The zero-order valence-corrected chi connectivity index (χ0v) is 22.5. The van der Waals surface area contributed by atoms with Crippen LogP contribution in [0.15, 0.2) is 97.1 Å². The van der Waals surface area contributed by atoms with Crippen LogP contribution in [0.3, 0.4) is 0 Å². The second-order valence-electron chi connectivity index (χ2n) is 10.8. The number of allylic oxidation sites excluding steroid dienone is 1. The van der Waals surface area contributed by atoms with Crippen LogP contribution in [0.4, 0.5) is 0 Å². The molecule has 0 amide bonds. The van der Waals surface area contributed by atoms with E-state index < -0.39 is 24.0 Å². The number of rotatable bonds is 8. The van der Waals surface area contributed by atoms with E-state index in [2.05, 4.69) is 66.7 Å². The van der Waals surface area contributed by atoms with E-state index in [9.17, 15) is 0 Å². The molecule has 3 aliphatic heterocycles. The number of hydrogen-bond acceptors (Lipinski definition) is 6. The fourth-order valence-corrected chi connectivity index (χ4v) is 5.47. The van der Waals surface area contributed by atoms with Crippen molar-refractivity contribution in [3.63, 3.8) is 0 Å². The van der Waals surface area contributed by atoms with Gasteiger partial charge in [-0.3, -0.25) is 0 Å². The molecule has 1 spiro atoms. The Labute approximate surface area is 230 Å². The lowest BCUT2D eigenvalue weighted by Crippen LogP contribution is -2.62. The number of aryl methyl sites for hydroxylation is 1. The maximum atomic E-state index is 6.53. The summed E-state index contributed by atoms with van der Waals surface area (Å²) in [6.07, 6.45) is 4.42. The summed E-state index contributed by atoms with van der Waals surface area (Å²) in [6.45, 7) is 4.78. The van der Waals surface area contributed by atoms with E-state index >= 15 is 0 Å². The van der Waals surface area contributed by atoms with Gasteiger partial charge >= 0.3 is 0 Å². The third kappa shape index (κ3) is 6.02. The molecule has 3 aromatic carbocycles. The van der Waals surface area contributed by atoms with Crippen LogP contribution >= 0.6 is 0 Å². The van der Waals surface area contributed by atoms with Gasteiger partial charge in [0, 0.05) is 0 Å². The third-order valence-electron chi connectivity index (χ3n) is 7.46. The van der Waals surface area contributed by atoms with Gasteiger partial charge in [0.05, 0.1) is 13.2 Å². The smallest absolute Gasteiger partial charge is 0.224 e. The molecule has 0 aliphatic carbocycles. The molecule has 0 aromatic heterocycles. The van der Waals surface area contributed by atoms with Crippen LogP contribution in [0.5, 0.6) is 0 Å². The number of hydrogen-bond donors (Lipinski definition) is 0. The fourth-order valence-electron chi connectivity index (χ4n) is 5.47. The molecule has 0 saturated carbocycles. The monoisotopic (exact) mass is 528 g/mol. The first-order valence-electron chi connectivity index (χ1n) is 13.8. The minimum Gasteiger partial charge on any atom is -0.365 e. The molecule has 0 radical (unpaired) electrons. The molecule has 3 fully saturated rings. The molecule has 6 heteroatoms. The van der Waals surface area contributed by atoms with Crippen molar-refractivity contribution in [2.75, 3.05) is 13.2 Å². The summed E-state index contributed by atoms with van der Waals surface area (Å²) in [4.78, 5) is 0. The van der Waals surface area contributed by atoms with Crippen molar-refractivity contribution in [1.82, 2.24) is 0 Å². The van der Waals surface area contributed by atoms with E-state index in [-0.39, 0.29) is 18.8 Å². The molecule has 0 unspecified atom stereocenters. The Hall–Kier alpha value is -2.84. The Morgan fingerprint density at radius 1 is 0.821 bits per heavy atom. The Bertz CT molecular complexity index is 1240. The number of benzene rings is 3. The molecule has 5 atom stereocenters. The Balaban J connectivity index is 1.13. The normalized spacial score (nSPS) is 29.7. The summed E-state index contributed by atoms with van der Waals surface area (Å²) in [5, 5.41) is 0. The molecule has 39 heavy (non-hydrogen) atoms. The van der Waals surface area contributed by atoms with Crippen LogP contribution in [0, 0.1) is 0 Å². The Morgan fingerprint density at radius 2 is 1.54 bits per heavy atom. The summed E-state index contributed by atoms with van der Waals surface area (Å²) in [5.74, 6) is -1.83. The van der Waals surface area contributed by atoms with Gasteiger partial charge in [0.15, 0.2) is 12.1 Å². The summed E-state index contributed by atoms with van der Waals surface area (Å²) < 4.78 is 37.7. The van der Waals surface area contributed by atoms with Gasteiger partial charge in [-0.1, -0.05) is 91.0 Å². The average Bonchev–Trinajstić information content (AvgIpc) is 3.52. The van der Waals surface area contributed by atoms with E-state index in [0.717, 1.165) is 18.4 Å². The van der Waals surface area contributed by atoms with Crippen molar-refractivity contribution in [2.45, 2.75) is 69.5 Å². The van der Waals surface area contributed by atoms with Gasteiger partial charge in [-0.05, 0) is 55.0 Å². The molecule has 3 aromatic rings. The van der Waals surface area contributed by atoms with Gasteiger partial charge in [-0.2, -0.15) is 0 Å². The summed E-state index contributed by atoms with van der Waals surface area (Å²) in [7, 11) is 0. The van der Waals surface area contributed by atoms with Crippen LogP contribution in [0.25, 0.3) is 11.1 Å². The quantitative estimate of drug-likeness (QED) is 0.332. The highest BCUT2D eigenvalue weighted by Gasteiger charge is 2.62. The highest BCUT2D eigenvalue weighted by molar-refractivity contribution is 5.63. The summed E-state index contributed by atoms with van der Waals surface area (Å²) >= 11 is 0. The number of ether oxygens (including phenoxy) is 6. The zero-order chi connectivity index (χ0) is 26.7. The standard InChI is InChI=1S/C33H36O6/c1-32(2)36-23-33(39-32)31(34-21-25-17-19-27(20-18-25)26-14-7-4-8-15-26)30-28(22-35-33)37-29(38-30)16-10-9-13-24-11-5-3-6-12-24/h3-8,10-12,14-20,28-31H,9,13,21-23H2,1-2H3/b16-10+/t28-,29-,30-,31+,33+/m1/s1. The van der Waals surface area contributed by atoms with Crippen molar-refractivity contribution in [1.29, 1.82) is 0 Å². The van der Waals surface area contributed by atoms with Crippen LogP contribution in [-0.4, -0.2) is 49.4 Å². The molecule has 3 aliphatic rings. The van der Waals surface area contributed by atoms with Crippen LogP contribution < -0.4 is 0 Å². The summed E-state index contributed by atoms with van der Waals surface area (Å²) in [5.41, 5.74) is 4.72. The van der Waals surface area contributed by atoms with Gasteiger partial charge in [0.2, 0.25) is 5.79 Å². The minimum atomic E-state index is -1.05. The van der Waals surface area contributed by atoms with Gasteiger partial charge in [-0.15, -0.1) is 0 Å². The van der Waals surface area contributed by atoms with Crippen molar-refractivity contribution in [3.8, 4) is 11.1 Å². The SMILES string of the molecule is CC1(C)OC[C@]2(OC[C@H]3O[C@@H](/C=C/CCc4ccccc4)O[C@H]3[C@@H]2OCc2ccc(-c3ccccc3)cc2)O1. The van der Waals surface area contributed by atoms with Crippen LogP contribution in [0.1, 0.15) is 31.4 Å². The maximum absolute atomic E-state index is 6.53. The van der Waals surface area contributed by atoms with Crippen molar-refractivity contribution < 1.29 is 28.4 Å². The first-order chi connectivity index (χ1) is 19.0. The molecule has 0 N–H and O–H groups in total. The average molecular weight is 529 g/mol.